The van der Waals surface area contributed by atoms with Gasteiger partial charge in [-0.1, -0.05) is 31.6 Å². The van der Waals surface area contributed by atoms with Crippen molar-refractivity contribution in [3.05, 3.63) is 24.8 Å². The third-order valence-corrected chi connectivity index (χ3v) is 6.98. The molecular weight excluding hydrogens is 292 g/mol. The predicted molar refractivity (Wildman–Crippen MR) is 103 cm³/mol. The van der Waals surface area contributed by atoms with Crippen LogP contribution in [0.25, 0.3) is 0 Å². The Balaban J connectivity index is 1.36. The summed E-state index contributed by atoms with van der Waals surface area (Å²) >= 11 is 0. The first-order valence-electron chi connectivity index (χ1n) is 10.7. The lowest BCUT2D eigenvalue weighted by molar-refractivity contribution is 0.0649. The molecule has 1 heterocycles. The van der Waals surface area contributed by atoms with Gasteiger partial charge in [0.1, 0.15) is 0 Å². The van der Waals surface area contributed by atoms with E-state index >= 15 is 0 Å². The second-order valence-electron chi connectivity index (χ2n) is 8.63. The smallest absolute Gasteiger partial charge is 0.0760 e. The molecule has 1 nitrogen and oxygen atoms in total. The van der Waals surface area contributed by atoms with Crippen LogP contribution in [-0.4, -0.2) is 12.2 Å². The standard InChI is InChI=1S/C23H38O/c1-3-5-22-16-17-23(24-22)15-10-19-8-13-21(14-9-19)20-11-6-18(4-2)7-12-20/h4,10,15,18-23H,2-3,5-9,11-14,16-17H2,1H3. The summed E-state index contributed by atoms with van der Waals surface area (Å²) in [6.45, 7) is 6.24. The molecule has 0 N–H and O–H groups in total. The molecule has 0 spiro atoms. The van der Waals surface area contributed by atoms with Crippen LogP contribution in [0.3, 0.4) is 0 Å². The van der Waals surface area contributed by atoms with E-state index in [0.717, 1.165) is 23.7 Å². The van der Waals surface area contributed by atoms with Gasteiger partial charge in [0.05, 0.1) is 12.2 Å². The molecule has 3 rings (SSSR count). The minimum atomic E-state index is 0.411. The van der Waals surface area contributed by atoms with E-state index in [4.69, 9.17) is 4.74 Å². The molecule has 1 heteroatoms. The Morgan fingerprint density at radius 1 is 0.792 bits per heavy atom. The highest BCUT2D eigenvalue weighted by atomic mass is 16.5. The second kappa shape index (κ2) is 9.22. The number of allylic oxidation sites excluding steroid dienone is 2. The summed E-state index contributed by atoms with van der Waals surface area (Å²) in [6, 6.07) is 0. The molecule has 3 aliphatic rings. The molecule has 3 fully saturated rings. The Morgan fingerprint density at radius 2 is 1.42 bits per heavy atom. The Labute approximate surface area is 149 Å². The largest absolute Gasteiger partial charge is 0.371 e. The fourth-order valence-corrected chi connectivity index (χ4v) is 5.35. The molecule has 0 bridgehead atoms. The Morgan fingerprint density at radius 3 is 2.00 bits per heavy atom. The zero-order valence-corrected chi connectivity index (χ0v) is 15.8. The van der Waals surface area contributed by atoms with E-state index in [9.17, 15) is 0 Å². The van der Waals surface area contributed by atoms with Gasteiger partial charge < -0.3 is 4.74 Å². The zero-order chi connectivity index (χ0) is 16.8. The summed E-state index contributed by atoms with van der Waals surface area (Å²) in [5.41, 5.74) is 0. The monoisotopic (exact) mass is 330 g/mol. The van der Waals surface area contributed by atoms with Crippen molar-refractivity contribution in [2.75, 3.05) is 0 Å². The van der Waals surface area contributed by atoms with Gasteiger partial charge in [0.25, 0.3) is 0 Å². The minimum Gasteiger partial charge on any atom is -0.371 e. The van der Waals surface area contributed by atoms with E-state index < -0.39 is 0 Å². The first kappa shape index (κ1) is 18.2. The van der Waals surface area contributed by atoms with Crippen molar-refractivity contribution >= 4 is 0 Å². The number of hydrogen-bond donors (Lipinski definition) is 0. The quantitative estimate of drug-likeness (QED) is 0.493. The van der Waals surface area contributed by atoms with Crippen molar-refractivity contribution in [2.45, 2.75) is 96.2 Å². The van der Waals surface area contributed by atoms with E-state index in [2.05, 4.69) is 31.7 Å². The molecule has 136 valence electrons. The number of hydrogen-bond acceptors (Lipinski definition) is 1. The summed E-state index contributed by atoms with van der Waals surface area (Å²) in [6.07, 6.45) is 24.5. The van der Waals surface area contributed by atoms with Crippen LogP contribution in [0, 0.1) is 23.7 Å². The lowest BCUT2D eigenvalue weighted by Gasteiger charge is -2.36. The average molecular weight is 331 g/mol. The van der Waals surface area contributed by atoms with Crippen LogP contribution in [0.15, 0.2) is 24.8 Å². The van der Waals surface area contributed by atoms with Crippen LogP contribution < -0.4 is 0 Å². The fourth-order valence-electron chi connectivity index (χ4n) is 5.35. The topological polar surface area (TPSA) is 9.23 Å². The van der Waals surface area contributed by atoms with Gasteiger partial charge in [-0.25, -0.2) is 0 Å². The van der Waals surface area contributed by atoms with Gasteiger partial charge in [0.15, 0.2) is 0 Å². The van der Waals surface area contributed by atoms with Crippen molar-refractivity contribution in [3.63, 3.8) is 0 Å². The lowest BCUT2D eigenvalue weighted by Crippen LogP contribution is -2.25. The lowest BCUT2D eigenvalue weighted by atomic mass is 9.69. The maximum atomic E-state index is 6.13. The first-order valence-corrected chi connectivity index (χ1v) is 10.7. The normalized spacial score (nSPS) is 40.9. The van der Waals surface area contributed by atoms with Gasteiger partial charge in [-0.3, -0.25) is 0 Å². The third-order valence-electron chi connectivity index (χ3n) is 6.98. The molecule has 0 aromatic carbocycles. The average Bonchev–Trinajstić information content (AvgIpc) is 3.08. The molecule has 0 aromatic rings. The Bertz CT molecular complexity index is 396. The number of ether oxygens (including phenoxy) is 1. The van der Waals surface area contributed by atoms with E-state index in [1.807, 2.05) is 0 Å². The van der Waals surface area contributed by atoms with Gasteiger partial charge >= 0.3 is 0 Å². The van der Waals surface area contributed by atoms with Gasteiger partial charge in [-0.2, -0.15) is 0 Å². The predicted octanol–water partition coefficient (Wildman–Crippen LogP) is 6.69. The maximum absolute atomic E-state index is 6.13. The molecule has 2 aliphatic carbocycles. The molecule has 0 amide bonds. The second-order valence-corrected chi connectivity index (χ2v) is 8.63. The van der Waals surface area contributed by atoms with Crippen molar-refractivity contribution in [3.8, 4) is 0 Å². The molecule has 24 heavy (non-hydrogen) atoms. The molecule has 0 aromatic heterocycles. The molecule has 2 unspecified atom stereocenters. The van der Waals surface area contributed by atoms with Crippen LogP contribution in [-0.2, 0) is 4.74 Å². The van der Waals surface area contributed by atoms with Crippen LogP contribution >= 0.6 is 0 Å². The van der Waals surface area contributed by atoms with E-state index in [1.54, 1.807) is 0 Å². The van der Waals surface area contributed by atoms with Gasteiger partial charge in [0, 0.05) is 0 Å². The van der Waals surface area contributed by atoms with Crippen molar-refractivity contribution in [2.24, 2.45) is 23.7 Å². The van der Waals surface area contributed by atoms with Crippen molar-refractivity contribution in [1.29, 1.82) is 0 Å². The van der Waals surface area contributed by atoms with Crippen LogP contribution in [0.4, 0.5) is 0 Å². The van der Waals surface area contributed by atoms with E-state index in [1.165, 1.54) is 77.0 Å². The SMILES string of the molecule is C=CC1CCC(C2CCC(C=CC3CCC(CCC)O3)CC2)CC1. The highest BCUT2D eigenvalue weighted by Crippen LogP contribution is 2.41. The zero-order valence-electron chi connectivity index (χ0n) is 15.8. The van der Waals surface area contributed by atoms with Crippen LogP contribution in [0.2, 0.25) is 0 Å². The molecule has 2 saturated carbocycles. The molecule has 1 aliphatic heterocycles. The summed E-state index contributed by atoms with van der Waals surface area (Å²) in [4.78, 5) is 0. The van der Waals surface area contributed by atoms with Gasteiger partial charge in [-0.05, 0) is 94.3 Å². The van der Waals surface area contributed by atoms with Gasteiger partial charge in [-0.15, -0.1) is 6.58 Å². The summed E-state index contributed by atoms with van der Waals surface area (Å²) in [5.74, 6) is 3.65. The minimum absolute atomic E-state index is 0.411. The first-order chi connectivity index (χ1) is 11.8. The summed E-state index contributed by atoms with van der Waals surface area (Å²) in [7, 11) is 0. The van der Waals surface area contributed by atoms with Crippen LogP contribution in [0.1, 0.15) is 84.0 Å². The summed E-state index contributed by atoms with van der Waals surface area (Å²) < 4.78 is 6.13. The summed E-state index contributed by atoms with van der Waals surface area (Å²) in [5, 5.41) is 0. The van der Waals surface area contributed by atoms with Crippen LogP contribution in [0.5, 0.6) is 0 Å². The molecule has 0 radical (unpaired) electrons. The Kier molecular flexibility index (Phi) is 7.01. The Hall–Kier alpha value is -0.560. The fraction of sp³-hybridized carbons (Fsp3) is 0.826. The highest BCUT2D eigenvalue weighted by molar-refractivity contribution is 4.98. The maximum Gasteiger partial charge on any atom is 0.0760 e. The molecular formula is C23H38O. The number of rotatable bonds is 6. The molecule has 2 atom stereocenters. The molecule has 1 saturated heterocycles. The van der Waals surface area contributed by atoms with Gasteiger partial charge in [0.2, 0.25) is 0 Å². The van der Waals surface area contributed by atoms with E-state index in [-0.39, 0.29) is 0 Å². The highest BCUT2D eigenvalue weighted by Gasteiger charge is 2.30. The third kappa shape index (κ3) is 4.97. The van der Waals surface area contributed by atoms with E-state index in [0.29, 0.717) is 12.2 Å². The van der Waals surface area contributed by atoms with Crippen molar-refractivity contribution < 1.29 is 4.74 Å². The van der Waals surface area contributed by atoms with Crippen molar-refractivity contribution in [1.82, 2.24) is 0 Å².